The highest BCUT2D eigenvalue weighted by atomic mass is 35.5. The Kier molecular flexibility index (Phi) is 8.18. The number of rotatable bonds is 5. The molecule has 0 aliphatic rings. The van der Waals surface area contributed by atoms with Crippen LogP contribution in [-0.4, -0.2) is 51.3 Å². The van der Waals surface area contributed by atoms with Gasteiger partial charge in [0.2, 0.25) is 5.91 Å². The number of hydrogen-bond donors (Lipinski definition) is 5. The third-order valence-corrected chi connectivity index (χ3v) is 1.39. The van der Waals surface area contributed by atoms with Gasteiger partial charge in [0.25, 0.3) is 0 Å². The van der Waals surface area contributed by atoms with E-state index < -0.39 is 37.2 Å². The number of amides is 1. The lowest BCUT2D eigenvalue weighted by Gasteiger charge is -2.19. The predicted octanol–water partition coefficient (Wildman–Crippen LogP) is -2.64. The van der Waals surface area contributed by atoms with Gasteiger partial charge in [-0.15, -0.1) is 12.4 Å². The molecule has 0 aromatic heterocycles. The summed E-state index contributed by atoms with van der Waals surface area (Å²) >= 11 is 0. The van der Waals surface area contributed by atoms with Crippen LogP contribution in [0.1, 0.15) is 6.42 Å². The summed E-state index contributed by atoms with van der Waals surface area (Å²) in [6.07, 6.45) is -4.90. The van der Waals surface area contributed by atoms with Crippen LogP contribution in [0.4, 0.5) is 0 Å². The Morgan fingerprint density at radius 3 is 2.00 bits per heavy atom. The minimum atomic E-state index is -1.55. The second kappa shape index (κ2) is 7.05. The molecule has 0 fully saturated rings. The zero-order valence-corrected chi connectivity index (χ0v) is 7.65. The summed E-state index contributed by atoms with van der Waals surface area (Å²) in [5, 5.41) is 35.1. The summed E-state index contributed by atoms with van der Waals surface area (Å²) in [6.45, 7) is -0.684. The molecule has 0 saturated heterocycles. The molecule has 0 heterocycles. The second-order valence-electron chi connectivity index (χ2n) is 2.48. The Morgan fingerprint density at radius 2 is 1.69 bits per heavy atom. The van der Waals surface area contributed by atoms with Crippen molar-refractivity contribution in [2.24, 2.45) is 5.73 Å². The van der Waals surface area contributed by atoms with Crippen molar-refractivity contribution in [1.29, 1.82) is 0 Å². The highest BCUT2D eigenvalue weighted by Gasteiger charge is 2.24. The zero-order chi connectivity index (χ0) is 9.72. The summed E-state index contributed by atoms with van der Waals surface area (Å²) in [4.78, 5) is 10.2. The maximum Gasteiger partial charge on any atom is 0.220 e. The van der Waals surface area contributed by atoms with Crippen molar-refractivity contribution in [1.82, 2.24) is 0 Å². The molecule has 13 heavy (non-hydrogen) atoms. The molecule has 0 saturated carbocycles. The molecule has 6 nitrogen and oxygen atoms in total. The minimum Gasteiger partial charge on any atom is -0.394 e. The molecule has 1 amide bonds. The van der Waals surface area contributed by atoms with Gasteiger partial charge in [-0.1, -0.05) is 0 Å². The van der Waals surface area contributed by atoms with Crippen molar-refractivity contribution in [2.75, 3.05) is 6.61 Å². The Balaban J connectivity index is 0. The number of nitrogens with two attached hydrogens (primary N) is 1. The molecule has 0 unspecified atom stereocenters. The highest BCUT2D eigenvalue weighted by molar-refractivity contribution is 5.85. The summed E-state index contributed by atoms with van der Waals surface area (Å²) < 4.78 is 0. The monoisotopic (exact) mass is 215 g/mol. The van der Waals surface area contributed by atoms with Gasteiger partial charge < -0.3 is 26.2 Å². The summed E-state index contributed by atoms with van der Waals surface area (Å²) in [6, 6.07) is 0. The fourth-order valence-electron chi connectivity index (χ4n) is 0.691. The van der Waals surface area contributed by atoms with Crippen molar-refractivity contribution >= 4 is 18.3 Å². The SMILES string of the molecule is Cl.NC(=O)C[C@@H](O)[C@H](O)[C@H](O)CO. The Bertz CT molecular complexity index is 156. The van der Waals surface area contributed by atoms with Crippen LogP contribution in [0.5, 0.6) is 0 Å². The molecule has 0 aromatic rings. The van der Waals surface area contributed by atoms with Crippen LogP contribution in [-0.2, 0) is 4.79 Å². The topological polar surface area (TPSA) is 124 Å². The van der Waals surface area contributed by atoms with E-state index in [1.807, 2.05) is 0 Å². The van der Waals surface area contributed by atoms with Gasteiger partial charge in [-0.25, -0.2) is 0 Å². The van der Waals surface area contributed by atoms with E-state index in [1.54, 1.807) is 0 Å². The first-order valence-electron chi connectivity index (χ1n) is 3.42. The highest BCUT2D eigenvalue weighted by Crippen LogP contribution is 2.02. The fourth-order valence-corrected chi connectivity index (χ4v) is 0.691. The molecule has 0 rings (SSSR count). The molecule has 0 aromatic carbocycles. The van der Waals surface area contributed by atoms with E-state index in [2.05, 4.69) is 0 Å². The smallest absolute Gasteiger partial charge is 0.220 e. The van der Waals surface area contributed by atoms with E-state index in [4.69, 9.17) is 26.2 Å². The minimum absolute atomic E-state index is 0. The van der Waals surface area contributed by atoms with Crippen LogP contribution >= 0.6 is 12.4 Å². The van der Waals surface area contributed by atoms with Crippen LogP contribution in [0.3, 0.4) is 0 Å². The normalized spacial score (nSPS) is 16.9. The molecule has 6 N–H and O–H groups in total. The number of hydrogen-bond acceptors (Lipinski definition) is 5. The van der Waals surface area contributed by atoms with Gasteiger partial charge in [0, 0.05) is 0 Å². The van der Waals surface area contributed by atoms with Crippen molar-refractivity contribution in [3.05, 3.63) is 0 Å². The van der Waals surface area contributed by atoms with Gasteiger partial charge in [0.15, 0.2) is 0 Å². The molecule has 80 valence electrons. The average Bonchev–Trinajstić information content (AvgIpc) is 2.00. The standard InChI is InChI=1S/C6H13NO5.ClH/c7-5(11)1-3(9)6(12)4(10)2-8;/h3-4,6,8-10,12H,1-2H2,(H2,7,11);1H/t3-,4-,6+;/m1./s1. The number of carbonyl (C=O) groups excluding carboxylic acids is 1. The first-order valence-corrected chi connectivity index (χ1v) is 3.42. The molecular weight excluding hydrogens is 202 g/mol. The van der Waals surface area contributed by atoms with Crippen molar-refractivity contribution in [2.45, 2.75) is 24.7 Å². The van der Waals surface area contributed by atoms with Gasteiger partial charge in [-0.05, 0) is 0 Å². The molecule has 0 radical (unpaired) electrons. The summed E-state index contributed by atoms with van der Waals surface area (Å²) in [5.41, 5.74) is 4.72. The maximum absolute atomic E-state index is 10.2. The molecule has 0 spiro atoms. The average molecular weight is 216 g/mol. The van der Waals surface area contributed by atoms with Gasteiger partial charge in [-0.2, -0.15) is 0 Å². The first-order chi connectivity index (χ1) is 5.49. The third-order valence-electron chi connectivity index (χ3n) is 1.39. The van der Waals surface area contributed by atoms with Crippen LogP contribution in [0.15, 0.2) is 0 Å². The predicted molar refractivity (Wildman–Crippen MR) is 46.2 cm³/mol. The number of primary amides is 1. The first kappa shape index (κ1) is 15.1. The molecule has 0 bridgehead atoms. The van der Waals surface area contributed by atoms with E-state index in [0.29, 0.717) is 0 Å². The van der Waals surface area contributed by atoms with E-state index in [9.17, 15) is 4.79 Å². The van der Waals surface area contributed by atoms with Crippen LogP contribution < -0.4 is 5.73 Å². The summed E-state index contributed by atoms with van der Waals surface area (Å²) in [7, 11) is 0. The van der Waals surface area contributed by atoms with Gasteiger partial charge in [-0.3, -0.25) is 4.79 Å². The largest absolute Gasteiger partial charge is 0.394 e. The molecule has 0 aliphatic carbocycles. The van der Waals surface area contributed by atoms with Crippen LogP contribution in [0, 0.1) is 0 Å². The van der Waals surface area contributed by atoms with E-state index in [1.165, 1.54) is 0 Å². The van der Waals surface area contributed by atoms with Crippen molar-refractivity contribution in [3.63, 3.8) is 0 Å². The van der Waals surface area contributed by atoms with Gasteiger partial charge in [0.05, 0.1) is 19.1 Å². The van der Waals surface area contributed by atoms with Crippen LogP contribution in [0.25, 0.3) is 0 Å². The van der Waals surface area contributed by atoms with E-state index in [0.717, 1.165) is 0 Å². The summed E-state index contributed by atoms with van der Waals surface area (Å²) in [5.74, 6) is -0.785. The second-order valence-corrected chi connectivity index (χ2v) is 2.48. The quantitative estimate of drug-likeness (QED) is 0.343. The number of halogens is 1. The van der Waals surface area contributed by atoms with Gasteiger partial charge in [0.1, 0.15) is 12.2 Å². The Labute approximate surface area is 81.4 Å². The third kappa shape index (κ3) is 5.78. The van der Waals surface area contributed by atoms with Crippen LogP contribution in [0.2, 0.25) is 0 Å². The molecule has 3 atom stereocenters. The number of carbonyl (C=O) groups is 1. The van der Waals surface area contributed by atoms with E-state index in [-0.39, 0.29) is 12.4 Å². The molecule has 0 aliphatic heterocycles. The molecule has 7 heteroatoms. The lowest BCUT2D eigenvalue weighted by molar-refractivity contribution is -0.125. The lowest BCUT2D eigenvalue weighted by atomic mass is 10.1. The zero-order valence-electron chi connectivity index (χ0n) is 6.83. The van der Waals surface area contributed by atoms with E-state index >= 15 is 0 Å². The Hall–Kier alpha value is -0.400. The lowest BCUT2D eigenvalue weighted by Crippen LogP contribution is -2.41. The fraction of sp³-hybridized carbons (Fsp3) is 0.833. The Morgan fingerprint density at radius 1 is 1.23 bits per heavy atom. The van der Waals surface area contributed by atoms with Gasteiger partial charge >= 0.3 is 0 Å². The number of aliphatic hydroxyl groups excluding tert-OH is 4. The maximum atomic E-state index is 10.2. The van der Waals surface area contributed by atoms with Crippen molar-refractivity contribution in [3.8, 4) is 0 Å². The van der Waals surface area contributed by atoms with Crippen molar-refractivity contribution < 1.29 is 25.2 Å². The number of aliphatic hydroxyl groups is 4. The molecular formula is C6H14ClNO5.